The third-order valence-corrected chi connectivity index (χ3v) is 15.9. The van der Waals surface area contributed by atoms with Gasteiger partial charge in [-0.1, -0.05) is 38.1 Å². The molecule has 6 aliphatic rings. The monoisotopic (exact) mass is 1210 g/mol. The lowest BCUT2D eigenvalue weighted by Gasteiger charge is -2.29. The first kappa shape index (κ1) is 62.3. The normalized spacial score (nSPS) is 14.6. The number of phenolic OH excluding ortho intramolecular Hbond substituents is 1. The molecule has 0 radical (unpaired) electrons. The maximum atomic E-state index is 13.7. The van der Waals surface area contributed by atoms with E-state index in [0.717, 1.165) is 122 Å². The van der Waals surface area contributed by atoms with E-state index in [9.17, 15) is 40.4 Å². The molecule has 20 nitrogen and oxygen atoms in total. The predicted molar refractivity (Wildman–Crippen MR) is 323 cm³/mol. The third kappa shape index (κ3) is 15.9. The van der Waals surface area contributed by atoms with E-state index in [1.165, 1.54) is 24.3 Å². The average Bonchev–Trinajstić information content (AvgIpc) is 2.46. The second-order valence-electron chi connectivity index (χ2n) is 19.5. The van der Waals surface area contributed by atoms with E-state index in [-0.39, 0.29) is 39.9 Å². The highest BCUT2D eigenvalue weighted by molar-refractivity contribution is 7.90. The van der Waals surface area contributed by atoms with Gasteiger partial charge < -0.3 is 29.3 Å². The number of hydrogen-bond acceptors (Lipinski definition) is 19. The van der Waals surface area contributed by atoms with E-state index < -0.39 is 42.9 Å². The predicted octanol–water partition coefficient (Wildman–Crippen LogP) is 10.5. The highest BCUT2D eigenvalue weighted by Gasteiger charge is 2.26. The van der Waals surface area contributed by atoms with Crippen LogP contribution in [0.1, 0.15) is 84.9 Å². The number of aromatic hydroxyl groups is 1. The molecular formula is C61H58F3N13O7S2. The standard InChI is InChI=1S/C22H22N4O3S.C18H13FN4O.C11H11N3O.C7H3F2N.C3H9NO2S/c1-2-11-30(27,28)14-16-5-3-6-21(19(16)13-23)29-17-7-8-20-18(12-17)22-24-9-4-10-26(22)15-25-20;19-15-3-1-4-17(14(15)10-20)24-12-5-6-16-13(9-12)18-21-7-2-8-23(18)11-22-16;15-8-2-3-10-9(6-8)11-12-4-1-5-14(11)7-13-10;8-6-2-1-3-7(9)5(6)4-10;1-2-3-7(4,5)6/h3,5-8,12,15H,2,4,9-11,14H2,1H3;1,3-6,9,11H,2,7-8H2;2-3,6-7,15H,1,4-5H2;1-3H;2-3H2,1H3,(H2,4,5,6). The molecule has 6 aromatic rings. The summed E-state index contributed by atoms with van der Waals surface area (Å²) in [6.07, 6.45) is 9.59. The van der Waals surface area contributed by atoms with Gasteiger partial charge in [-0.15, -0.1) is 0 Å². The largest absolute Gasteiger partial charge is 0.508 e. The van der Waals surface area contributed by atoms with E-state index in [2.05, 4.69) is 41.2 Å². The lowest BCUT2D eigenvalue weighted by molar-refractivity contribution is 0.473. The molecular weight excluding hydrogens is 1150 g/mol. The number of rotatable bonds is 10. The quantitative estimate of drug-likeness (QED) is 0.129. The van der Waals surface area contributed by atoms with Crippen LogP contribution in [0, 0.1) is 51.4 Å². The Morgan fingerprint density at radius 2 is 0.953 bits per heavy atom. The van der Waals surface area contributed by atoms with E-state index >= 15 is 0 Å². The SMILES string of the molecule is CCCS(=O)(=O)Cc1cccc(Oc2ccc3c(c2)C2=NCCCN2C=N3)c1C#N.CCCS(N)(=O)=O.N#Cc1c(F)cccc1F.N#Cc1c(F)cccc1Oc1ccc2c(c1)C1=NCCCN1C=N2.Oc1ccc2c(c1)C1=NCCCN1C=N2. The van der Waals surface area contributed by atoms with Crippen molar-refractivity contribution in [1.82, 2.24) is 14.7 Å². The van der Waals surface area contributed by atoms with Gasteiger partial charge in [0, 0.05) is 56.0 Å². The van der Waals surface area contributed by atoms with Crippen LogP contribution in [0.25, 0.3) is 0 Å². The molecule has 0 amide bonds. The van der Waals surface area contributed by atoms with Crippen LogP contribution in [-0.4, -0.2) is 124 Å². The molecule has 0 aliphatic carbocycles. The second kappa shape index (κ2) is 28.7. The first-order valence-electron chi connectivity index (χ1n) is 27.2. The lowest BCUT2D eigenvalue weighted by atomic mass is 10.1. The Kier molecular flexibility index (Phi) is 20.8. The van der Waals surface area contributed by atoms with E-state index in [0.29, 0.717) is 35.7 Å². The molecule has 3 N–H and O–H groups in total. The summed E-state index contributed by atoms with van der Waals surface area (Å²) < 4.78 is 94.8. The van der Waals surface area contributed by atoms with Gasteiger partial charge >= 0.3 is 0 Å². The number of sulfone groups is 1. The molecule has 0 saturated heterocycles. The molecule has 25 heteroatoms. The lowest BCUT2D eigenvalue weighted by Crippen LogP contribution is -2.36. The van der Waals surface area contributed by atoms with Crippen LogP contribution in [0.15, 0.2) is 139 Å². The Bertz CT molecular complexity index is 4060. The Hall–Kier alpha value is -9.74. The maximum Gasteiger partial charge on any atom is 0.209 e. The highest BCUT2D eigenvalue weighted by atomic mass is 32.2. The number of halogens is 3. The van der Waals surface area contributed by atoms with Gasteiger partial charge in [0.2, 0.25) is 10.0 Å². The zero-order valence-electron chi connectivity index (χ0n) is 46.8. The summed E-state index contributed by atoms with van der Waals surface area (Å²) in [5.41, 5.74) is 5.27. The molecule has 0 spiro atoms. The van der Waals surface area contributed by atoms with Crippen LogP contribution in [-0.2, 0) is 25.6 Å². The van der Waals surface area contributed by atoms with Gasteiger partial charge in [-0.2, -0.15) is 15.8 Å². The zero-order chi connectivity index (χ0) is 61.4. The summed E-state index contributed by atoms with van der Waals surface area (Å²) in [6, 6.07) is 34.2. The number of nitrogens with zero attached hydrogens (tertiary/aromatic N) is 12. The van der Waals surface area contributed by atoms with Crippen LogP contribution >= 0.6 is 0 Å². The molecule has 0 unspecified atom stereocenters. The first-order chi connectivity index (χ1) is 41.4. The number of hydrogen-bond donors (Lipinski definition) is 2. The molecule has 6 heterocycles. The van der Waals surface area contributed by atoms with Crippen molar-refractivity contribution in [3.05, 3.63) is 166 Å². The molecule has 6 aromatic carbocycles. The molecule has 0 bridgehead atoms. The van der Waals surface area contributed by atoms with Crippen LogP contribution in [0.4, 0.5) is 30.2 Å². The van der Waals surface area contributed by atoms with Crippen molar-refractivity contribution in [2.45, 2.75) is 51.7 Å². The molecule has 0 fully saturated rings. The van der Waals surface area contributed by atoms with Crippen LogP contribution in [0.3, 0.4) is 0 Å². The average molecular weight is 1210 g/mol. The number of ether oxygens (including phenoxy) is 2. The summed E-state index contributed by atoms with van der Waals surface area (Å²) in [7, 11) is -6.45. The van der Waals surface area contributed by atoms with Crippen LogP contribution in [0.2, 0.25) is 0 Å². The van der Waals surface area contributed by atoms with Gasteiger partial charge in [0.25, 0.3) is 0 Å². The fraction of sp³-hybridized carbons (Fsp3) is 0.262. The minimum absolute atomic E-state index is 0.0902. The Morgan fingerprint density at radius 1 is 0.547 bits per heavy atom. The number of sulfonamides is 1. The van der Waals surface area contributed by atoms with Gasteiger partial charge in [-0.25, -0.2) is 50.1 Å². The van der Waals surface area contributed by atoms with Gasteiger partial charge in [-0.3, -0.25) is 15.0 Å². The summed E-state index contributed by atoms with van der Waals surface area (Å²) in [4.78, 5) is 33.0. The van der Waals surface area contributed by atoms with Crippen LogP contribution in [0.5, 0.6) is 28.7 Å². The molecule has 12 rings (SSSR count). The van der Waals surface area contributed by atoms with E-state index in [1.807, 2.05) is 64.4 Å². The van der Waals surface area contributed by atoms with E-state index in [1.54, 1.807) is 68.1 Å². The number of fused-ring (bicyclic) bond motifs is 9. The fourth-order valence-electron chi connectivity index (χ4n) is 9.25. The molecule has 0 atom stereocenters. The number of primary sulfonamides is 1. The van der Waals surface area contributed by atoms with Crippen molar-refractivity contribution < 1.29 is 44.6 Å². The topological polar surface area (TPSA) is 288 Å². The number of benzene rings is 6. The Balaban J connectivity index is 0.000000152. The number of amidine groups is 3. The highest BCUT2D eigenvalue weighted by Crippen LogP contribution is 2.36. The minimum atomic E-state index is -3.28. The van der Waals surface area contributed by atoms with Crippen molar-refractivity contribution in [2.24, 2.45) is 35.1 Å². The van der Waals surface area contributed by atoms with Crippen molar-refractivity contribution in [3.63, 3.8) is 0 Å². The molecule has 86 heavy (non-hydrogen) atoms. The Morgan fingerprint density at radius 3 is 1.37 bits per heavy atom. The second-order valence-corrected chi connectivity index (χ2v) is 23.5. The third-order valence-electron chi connectivity index (χ3n) is 13.1. The number of phenols is 1. The molecule has 442 valence electrons. The summed E-state index contributed by atoms with van der Waals surface area (Å²) in [6.45, 7) is 8.72. The summed E-state index contributed by atoms with van der Waals surface area (Å²) in [5.74, 6) is 2.30. The molecule has 6 aliphatic heterocycles. The van der Waals surface area contributed by atoms with E-state index in [4.69, 9.17) is 20.0 Å². The summed E-state index contributed by atoms with van der Waals surface area (Å²) in [5, 5.41) is 41.0. The van der Waals surface area contributed by atoms with Crippen molar-refractivity contribution in [1.29, 1.82) is 15.8 Å². The molecule has 0 aromatic heterocycles. The van der Waals surface area contributed by atoms with Crippen molar-refractivity contribution >= 4 is 73.4 Å². The van der Waals surface area contributed by atoms with Crippen molar-refractivity contribution in [3.8, 4) is 47.0 Å². The van der Waals surface area contributed by atoms with Gasteiger partial charge in [0.05, 0.1) is 58.9 Å². The smallest absolute Gasteiger partial charge is 0.209 e. The van der Waals surface area contributed by atoms with Crippen molar-refractivity contribution in [2.75, 3.05) is 50.8 Å². The zero-order valence-corrected chi connectivity index (χ0v) is 48.4. The van der Waals surface area contributed by atoms with Gasteiger partial charge in [0.1, 0.15) is 93.0 Å². The number of nitriles is 3. The summed E-state index contributed by atoms with van der Waals surface area (Å²) >= 11 is 0. The number of nitrogens with two attached hydrogens (primary N) is 1. The van der Waals surface area contributed by atoms with Gasteiger partial charge in [0.15, 0.2) is 9.84 Å². The number of aliphatic imine (C=N–C) groups is 6. The first-order valence-corrected chi connectivity index (χ1v) is 30.8. The maximum absolute atomic E-state index is 13.7. The van der Waals surface area contributed by atoms with Gasteiger partial charge in [-0.05, 0) is 123 Å². The van der Waals surface area contributed by atoms with Crippen LogP contribution < -0.4 is 14.6 Å². The fourth-order valence-corrected chi connectivity index (χ4v) is 11.3. The molecule has 0 saturated carbocycles. The minimum Gasteiger partial charge on any atom is -0.508 e. The Labute approximate surface area is 496 Å².